The average molecular weight is 218 g/mol. The smallest absolute Gasteiger partial charge is 0.335 e. The van der Waals surface area contributed by atoms with Gasteiger partial charge in [-0.25, -0.2) is 9.59 Å². The van der Waals surface area contributed by atoms with Crippen molar-refractivity contribution >= 4 is 18.0 Å². The molecule has 4 nitrogen and oxygen atoms in total. The lowest BCUT2D eigenvalue weighted by Crippen LogP contribution is -2.01. The maximum absolute atomic E-state index is 10.7. The van der Waals surface area contributed by atoms with Gasteiger partial charge in [-0.2, -0.15) is 0 Å². The molecule has 0 saturated heterocycles. The monoisotopic (exact) mass is 218 g/mol. The molecule has 0 aliphatic rings. The fraction of sp³-hybridized carbons (Fsp3) is 0. The molecule has 0 aliphatic heterocycles. The van der Waals surface area contributed by atoms with Crippen molar-refractivity contribution in [1.29, 1.82) is 0 Å². The lowest BCUT2D eigenvalue weighted by molar-refractivity contribution is -0.134. The van der Waals surface area contributed by atoms with Gasteiger partial charge in [-0.1, -0.05) is 36.4 Å². The maximum Gasteiger partial charge on any atom is 0.335 e. The highest BCUT2D eigenvalue weighted by Gasteiger charge is 2.04. The van der Waals surface area contributed by atoms with Crippen LogP contribution in [-0.4, -0.2) is 22.2 Å². The van der Waals surface area contributed by atoms with E-state index in [-0.39, 0.29) is 5.57 Å². The minimum Gasteiger partial charge on any atom is -0.478 e. The number of aliphatic carboxylic acids is 2. The second-order valence-electron chi connectivity index (χ2n) is 2.99. The first-order valence-corrected chi connectivity index (χ1v) is 4.50. The maximum atomic E-state index is 10.7. The molecule has 0 heterocycles. The van der Waals surface area contributed by atoms with Crippen molar-refractivity contribution in [3.05, 3.63) is 53.6 Å². The predicted octanol–water partition coefficient (Wildman–Crippen LogP) is 1.80. The summed E-state index contributed by atoms with van der Waals surface area (Å²) in [5, 5.41) is 17.2. The lowest BCUT2D eigenvalue weighted by atomic mass is 10.1. The Kier molecular flexibility index (Phi) is 4.03. The van der Waals surface area contributed by atoms with E-state index in [1.807, 2.05) is 6.07 Å². The number of carboxylic acids is 2. The van der Waals surface area contributed by atoms with Gasteiger partial charge in [-0.05, 0) is 11.6 Å². The highest BCUT2D eigenvalue weighted by atomic mass is 16.4. The van der Waals surface area contributed by atoms with Gasteiger partial charge in [0.05, 0.1) is 5.57 Å². The zero-order valence-corrected chi connectivity index (χ0v) is 8.33. The van der Waals surface area contributed by atoms with E-state index in [1.54, 1.807) is 30.3 Å². The molecular weight excluding hydrogens is 208 g/mol. The number of hydrogen-bond donors (Lipinski definition) is 2. The van der Waals surface area contributed by atoms with Crippen molar-refractivity contribution in [2.24, 2.45) is 0 Å². The summed E-state index contributed by atoms with van der Waals surface area (Å²) in [7, 11) is 0. The third-order valence-electron chi connectivity index (χ3n) is 1.78. The molecule has 0 aromatic heterocycles. The molecule has 0 fully saturated rings. The van der Waals surface area contributed by atoms with Gasteiger partial charge in [-0.3, -0.25) is 0 Å². The van der Waals surface area contributed by atoms with Crippen molar-refractivity contribution in [3.8, 4) is 0 Å². The quantitative estimate of drug-likeness (QED) is 0.596. The molecule has 0 atom stereocenters. The third kappa shape index (κ3) is 3.79. The molecule has 16 heavy (non-hydrogen) atoms. The van der Waals surface area contributed by atoms with Crippen molar-refractivity contribution in [1.82, 2.24) is 0 Å². The summed E-state index contributed by atoms with van der Waals surface area (Å²) in [5.41, 5.74) is 0.538. The van der Waals surface area contributed by atoms with Gasteiger partial charge >= 0.3 is 11.9 Å². The first-order chi connectivity index (χ1) is 7.59. The summed E-state index contributed by atoms with van der Waals surface area (Å²) < 4.78 is 0. The second-order valence-corrected chi connectivity index (χ2v) is 2.99. The molecule has 0 saturated carbocycles. The second kappa shape index (κ2) is 5.50. The molecule has 0 amide bonds. The van der Waals surface area contributed by atoms with Crippen LogP contribution in [0.25, 0.3) is 6.08 Å². The summed E-state index contributed by atoms with van der Waals surface area (Å²) in [6, 6.07) is 9.03. The van der Waals surface area contributed by atoms with Gasteiger partial charge in [0.15, 0.2) is 0 Å². The predicted molar refractivity (Wildman–Crippen MR) is 58.8 cm³/mol. The van der Waals surface area contributed by atoms with Crippen LogP contribution in [0.5, 0.6) is 0 Å². The molecule has 2 N–H and O–H groups in total. The first kappa shape index (κ1) is 11.7. The Hall–Kier alpha value is -2.36. The van der Waals surface area contributed by atoms with Gasteiger partial charge in [-0.15, -0.1) is 0 Å². The Morgan fingerprint density at radius 2 is 1.69 bits per heavy atom. The van der Waals surface area contributed by atoms with Crippen LogP contribution in [0, 0.1) is 0 Å². The minimum atomic E-state index is -1.28. The Labute approximate surface area is 92.2 Å². The van der Waals surface area contributed by atoms with Crippen LogP contribution in [-0.2, 0) is 9.59 Å². The zero-order valence-electron chi connectivity index (χ0n) is 8.33. The van der Waals surface area contributed by atoms with Crippen LogP contribution >= 0.6 is 0 Å². The van der Waals surface area contributed by atoms with E-state index in [0.29, 0.717) is 6.08 Å². The summed E-state index contributed by atoms with van der Waals surface area (Å²) >= 11 is 0. The van der Waals surface area contributed by atoms with Crippen LogP contribution in [0.3, 0.4) is 0 Å². The normalized spacial score (nSPS) is 11.6. The largest absolute Gasteiger partial charge is 0.478 e. The van der Waals surface area contributed by atoms with Crippen molar-refractivity contribution in [2.45, 2.75) is 0 Å². The summed E-state index contributed by atoms with van der Waals surface area (Å²) in [6.45, 7) is 0. The molecule has 0 unspecified atom stereocenters. The Balaban J connectivity index is 2.89. The molecule has 0 spiro atoms. The van der Waals surface area contributed by atoms with Crippen LogP contribution in [0.1, 0.15) is 5.56 Å². The van der Waals surface area contributed by atoms with E-state index in [2.05, 4.69) is 0 Å². The minimum absolute atomic E-state index is 0.267. The SMILES string of the molecule is O=C(O)C=C(C=Cc1ccccc1)C(=O)O. The number of hydrogen-bond acceptors (Lipinski definition) is 2. The number of benzene rings is 1. The van der Waals surface area contributed by atoms with E-state index in [0.717, 1.165) is 5.56 Å². The highest BCUT2D eigenvalue weighted by Crippen LogP contribution is 2.05. The average Bonchev–Trinajstić information content (AvgIpc) is 2.25. The Bertz CT molecular complexity index is 443. The van der Waals surface area contributed by atoms with Crippen molar-refractivity contribution in [3.63, 3.8) is 0 Å². The van der Waals surface area contributed by atoms with E-state index in [4.69, 9.17) is 10.2 Å². The van der Waals surface area contributed by atoms with Gasteiger partial charge in [0.2, 0.25) is 0 Å². The van der Waals surface area contributed by atoms with Crippen LogP contribution in [0.2, 0.25) is 0 Å². The summed E-state index contributed by atoms with van der Waals surface area (Å²) in [5.74, 6) is -2.55. The van der Waals surface area contributed by atoms with Gasteiger partial charge in [0.1, 0.15) is 0 Å². The van der Waals surface area contributed by atoms with E-state index in [1.165, 1.54) is 6.08 Å². The van der Waals surface area contributed by atoms with Crippen LogP contribution in [0.4, 0.5) is 0 Å². The number of carbonyl (C=O) groups is 2. The molecular formula is C12H10O4. The molecule has 0 aliphatic carbocycles. The fourth-order valence-electron chi connectivity index (χ4n) is 1.06. The molecule has 1 rings (SSSR count). The van der Waals surface area contributed by atoms with Crippen molar-refractivity contribution in [2.75, 3.05) is 0 Å². The van der Waals surface area contributed by atoms with Gasteiger partial charge in [0.25, 0.3) is 0 Å². The lowest BCUT2D eigenvalue weighted by Gasteiger charge is -1.94. The molecule has 1 aromatic carbocycles. The Morgan fingerprint density at radius 1 is 1.06 bits per heavy atom. The van der Waals surface area contributed by atoms with Crippen LogP contribution in [0.15, 0.2) is 48.1 Å². The Morgan fingerprint density at radius 3 is 2.19 bits per heavy atom. The topological polar surface area (TPSA) is 74.6 Å². The zero-order chi connectivity index (χ0) is 12.0. The van der Waals surface area contributed by atoms with E-state index < -0.39 is 11.9 Å². The number of rotatable bonds is 4. The van der Waals surface area contributed by atoms with Crippen molar-refractivity contribution < 1.29 is 19.8 Å². The standard InChI is InChI=1S/C12H10O4/c13-11(14)8-10(12(15)16)7-6-9-4-2-1-3-5-9/h1-8H,(H,13,14)(H,15,16). The third-order valence-corrected chi connectivity index (χ3v) is 1.78. The molecule has 0 radical (unpaired) electrons. The van der Waals surface area contributed by atoms with Gasteiger partial charge < -0.3 is 10.2 Å². The summed E-state index contributed by atoms with van der Waals surface area (Å²) in [4.78, 5) is 21.0. The number of carboxylic acid groups (broad SMARTS) is 2. The first-order valence-electron chi connectivity index (χ1n) is 4.50. The molecule has 82 valence electrons. The fourth-order valence-corrected chi connectivity index (χ4v) is 1.06. The van der Waals surface area contributed by atoms with E-state index in [9.17, 15) is 9.59 Å². The van der Waals surface area contributed by atoms with Gasteiger partial charge in [0, 0.05) is 6.08 Å². The molecule has 0 bridgehead atoms. The molecule has 4 heteroatoms. The van der Waals surface area contributed by atoms with E-state index >= 15 is 0 Å². The molecule has 1 aromatic rings. The van der Waals surface area contributed by atoms with Crippen LogP contribution < -0.4 is 0 Å². The highest BCUT2D eigenvalue weighted by molar-refractivity contribution is 5.97. The summed E-state index contributed by atoms with van der Waals surface area (Å²) in [6.07, 6.45) is 3.45.